The number of hydrogen-bond acceptors (Lipinski definition) is 2. The van der Waals surface area contributed by atoms with Gasteiger partial charge in [0.2, 0.25) is 0 Å². The first-order valence-electron chi connectivity index (χ1n) is 4.21. The molecule has 5 heteroatoms. The van der Waals surface area contributed by atoms with Gasteiger partial charge in [-0.25, -0.2) is 0 Å². The molecule has 0 aliphatic carbocycles. The van der Waals surface area contributed by atoms with Gasteiger partial charge in [-0.1, -0.05) is 0 Å². The lowest BCUT2D eigenvalue weighted by atomic mass is 10.0. The lowest BCUT2D eigenvalue weighted by Crippen LogP contribution is -2.11. The highest BCUT2D eigenvalue weighted by Crippen LogP contribution is 2.34. The molecule has 0 fully saturated rings. The van der Waals surface area contributed by atoms with Gasteiger partial charge in [-0.3, -0.25) is 4.79 Å². The molecule has 82 valence electrons. The summed E-state index contributed by atoms with van der Waals surface area (Å²) in [5.41, 5.74) is 4.46. The molecule has 15 heavy (non-hydrogen) atoms. The van der Waals surface area contributed by atoms with Crippen molar-refractivity contribution < 1.29 is 18.0 Å². The van der Waals surface area contributed by atoms with E-state index in [1.54, 1.807) is 0 Å². The number of alkyl halides is 3. The van der Waals surface area contributed by atoms with Crippen LogP contribution in [0.4, 0.5) is 18.9 Å². The zero-order valence-corrected chi connectivity index (χ0v) is 8.27. The van der Waals surface area contributed by atoms with Crippen molar-refractivity contribution in [3.8, 4) is 0 Å². The lowest BCUT2D eigenvalue weighted by Gasteiger charge is -2.13. The molecule has 0 atom stereocenters. The number of ketones is 1. The van der Waals surface area contributed by atoms with Crippen molar-refractivity contribution in [1.82, 2.24) is 0 Å². The van der Waals surface area contributed by atoms with E-state index in [2.05, 4.69) is 0 Å². The van der Waals surface area contributed by atoms with Gasteiger partial charge in [0, 0.05) is 11.3 Å². The molecule has 0 aliphatic rings. The minimum absolute atomic E-state index is 0.0185. The highest BCUT2D eigenvalue weighted by molar-refractivity contribution is 5.95. The van der Waals surface area contributed by atoms with Gasteiger partial charge in [0.1, 0.15) is 0 Å². The molecule has 0 unspecified atom stereocenters. The second-order valence-corrected chi connectivity index (χ2v) is 3.29. The molecular formula is C10H10F3NO. The van der Waals surface area contributed by atoms with Crippen molar-refractivity contribution >= 4 is 11.5 Å². The van der Waals surface area contributed by atoms with Crippen molar-refractivity contribution in [2.45, 2.75) is 20.0 Å². The van der Waals surface area contributed by atoms with E-state index in [0.29, 0.717) is 0 Å². The standard InChI is InChI=1S/C10H10F3NO/c1-5-8(10(11,12)13)3-7(6(2)15)4-9(5)14/h3-4H,14H2,1-2H3. The summed E-state index contributed by atoms with van der Waals surface area (Å²) in [6, 6.07) is 2.08. The number of rotatable bonds is 1. The van der Waals surface area contributed by atoms with Gasteiger partial charge < -0.3 is 5.73 Å². The number of nitrogens with two attached hydrogens (primary N) is 1. The Morgan fingerprint density at radius 2 is 1.87 bits per heavy atom. The Hall–Kier alpha value is -1.52. The third-order valence-corrected chi connectivity index (χ3v) is 2.16. The average Bonchev–Trinajstić information content (AvgIpc) is 2.06. The summed E-state index contributed by atoms with van der Waals surface area (Å²) in [5.74, 6) is -0.438. The van der Waals surface area contributed by atoms with E-state index in [9.17, 15) is 18.0 Å². The predicted octanol–water partition coefficient (Wildman–Crippen LogP) is 2.80. The molecule has 1 rings (SSSR count). The first-order valence-corrected chi connectivity index (χ1v) is 4.21. The van der Waals surface area contributed by atoms with Crippen LogP contribution < -0.4 is 5.73 Å². The number of nitrogen functional groups attached to an aromatic ring is 1. The van der Waals surface area contributed by atoms with E-state index in [4.69, 9.17) is 5.73 Å². The Labute approximate surface area is 84.9 Å². The van der Waals surface area contributed by atoms with Crippen molar-refractivity contribution in [3.63, 3.8) is 0 Å². The first-order chi connectivity index (χ1) is 6.73. The normalized spacial score (nSPS) is 11.5. The first kappa shape index (κ1) is 11.6. The van der Waals surface area contributed by atoms with Gasteiger partial charge >= 0.3 is 6.18 Å². The molecule has 1 aromatic rings. The van der Waals surface area contributed by atoms with Gasteiger partial charge in [-0.15, -0.1) is 0 Å². The van der Waals surface area contributed by atoms with E-state index < -0.39 is 17.5 Å². The second-order valence-electron chi connectivity index (χ2n) is 3.29. The summed E-state index contributed by atoms with van der Waals surface area (Å²) in [6.07, 6.45) is -4.48. The Morgan fingerprint density at radius 3 is 2.27 bits per heavy atom. The minimum atomic E-state index is -4.48. The van der Waals surface area contributed by atoms with Gasteiger partial charge in [0.15, 0.2) is 5.78 Å². The van der Waals surface area contributed by atoms with Crippen LogP contribution in [0, 0.1) is 6.92 Å². The number of Topliss-reactive ketones (excluding diaryl/α,β-unsaturated/α-hetero) is 1. The molecule has 0 bridgehead atoms. The summed E-state index contributed by atoms with van der Waals surface area (Å²) in [5, 5.41) is 0. The summed E-state index contributed by atoms with van der Waals surface area (Å²) >= 11 is 0. The monoisotopic (exact) mass is 217 g/mol. The number of anilines is 1. The van der Waals surface area contributed by atoms with Crippen molar-refractivity contribution in [2.75, 3.05) is 5.73 Å². The quantitative estimate of drug-likeness (QED) is 0.580. The largest absolute Gasteiger partial charge is 0.416 e. The lowest BCUT2D eigenvalue weighted by molar-refractivity contribution is -0.138. The molecule has 1 aromatic carbocycles. The predicted molar refractivity (Wildman–Crippen MR) is 50.6 cm³/mol. The highest BCUT2D eigenvalue weighted by Gasteiger charge is 2.33. The van der Waals surface area contributed by atoms with Crippen LogP contribution in [0.2, 0.25) is 0 Å². The van der Waals surface area contributed by atoms with Gasteiger partial charge in [0.05, 0.1) is 5.56 Å². The van der Waals surface area contributed by atoms with Crippen LogP contribution in [0.5, 0.6) is 0 Å². The van der Waals surface area contributed by atoms with E-state index in [1.807, 2.05) is 0 Å². The van der Waals surface area contributed by atoms with Crippen LogP contribution in [-0.4, -0.2) is 5.78 Å². The maximum Gasteiger partial charge on any atom is 0.416 e. The van der Waals surface area contributed by atoms with Gasteiger partial charge in [-0.05, 0) is 31.5 Å². The number of benzene rings is 1. The second kappa shape index (κ2) is 3.56. The maximum absolute atomic E-state index is 12.5. The van der Waals surface area contributed by atoms with Crippen molar-refractivity contribution in [1.29, 1.82) is 0 Å². The fraction of sp³-hybridized carbons (Fsp3) is 0.300. The molecule has 2 N–H and O–H groups in total. The fourth-order valence-electron chi connectivity index (χ4n) is 1.23. The number of carbonyl (C=O) groups is 1. The number of carbonyl (C=O) groups excluding carboxylic acids is 1. The van der Waals surface area contributed by atoms with Crippen LogP contribution in [0.1, 0.15) is 28.4 Å². The number of hydrogen-bond donors (Lipinski definition) is 1. The Balaban J connectivity index is 3.45. The third-order valence-electron chi connectivity index (χ3n) is 2.16. The van der Waals surface area contributed by atoms with Crippen LogP contribution in [0.15, 0.2) is 12.1 Å². The molecular weight excluding hydrogens is 207 g/mol. The molecule has 0 saturated heterocycles. The molecule has 0 aliphatic heterocycles. The van der Waals surface area contributed by atoms with Gasteiger partial charge in [0.25, 0.3) is 0 Å². The Kier molecular flexibility index (Phi) is 2.75. The minimum Gasteiger partial charge on any atom is -0.398 e. The fourth-order valence-corrected chi connectivity index (χ4v) is 1.23. The average molecular weight is 217 g/mol. The molecule has 0 amide bonds. The third kappa shape index (κ3) is 2.29. The van der Waals surface area contributed by atoms with Crippen LogP contribution in [0.25, 0.3) is 0 Å². The van der Waals surface area contributed by atoms with Crippen LogP contribution in [0.3, 0.4) is 0 Å². The molecule has 0 saturated carbocycles. The van der Waals surface area contributed by atoms with Crippen molar-refractivity contribution in [3.05, 3.63) is 28.8 Å². The summed E-state index contributed by atoms with van der Waals surface area (Å²) in [4.78, 5) is 11.0. The molecule has 2 nitrogen and oxygen atoms in total. The van der Waals surface area contributed by atoms with Crippen LogP contribution >= 0.6 is 0 Å². The molecule has 0 radical (unpaired) electrons. The molecule has 0 spiro atoms. The zero-order valence-electron chi connectivity index (χ0n) is 8.27. The topological polar surface area (TPSA) is 43.1 Å². The SMILES string of the molecule is CC(=O)c1cc(N)c(C)c(C(F)(F)F)c1. The Morgan fingerprint density at radius 1 is 1.33 bits per heavy atom. The zero-order chi connectivity index (χ0) is 11.8. The number of halogens is 3. The van der Waals surface area contributed by atoms with Gasteiger partial charge in [-0.2, -0.15) is 13.2 Å². The van der Waals surface area contributed by atoms with E-state index >= 15 is 0 Å². The Bertz CT molecular complexity index is 410. The molecule has 0 heterocycles. The maximum atomic E-state index is 12.5. The van der Waals surface area contributed by atoms with E-state index in [-0.39, 0.29) is 16.8 Å². The summed E-state index contributed by atoms with van der Waals surface area (Å²) < 4.78 is 37.5. The van der Waals surface area contributed by atoms with Crippen molar-refractivity contribution in [2.24, 2.45) is 0 Å². The van der Waals surface area contributed by atoms with E-state index in [1.165, 1.54) is 19.9 Å². The molecule has 0 aromatic heterocycles. The highest BCUT2D eigenvalue weighted by atomic mass is 19.4. The van der Waals surface area contributed by atoms with E-state index in [0.717, 1.165) is 6.07 Å². The smallest absolute Gasteiger partial charge is 0.398 e. The summed E-state index contributed by atoms with van der Waals surface area (Å²) in [7, 11) is 0. The van der Waals surface area contributed by atoms with Crippen LogP contribution in [-0.2, 0) is 6.18 Å². The summed E-state index contributed by atoms with van der Waals surface area (Å²) in [6.45, 7) is 2.48.